The van der Waals surface area contributed by atoms with E-state index < -0.39 is 0 Å². The highest BCUT2D eigenvalue weighted by atomic mass is 16.2. The Morgan fingerprint density at radius 2 is 1.79 bits per heavy atom. The van der Waals surface area contributed by atoms with Crippen molar-refractivity contribution in [3.05, 3.63) is 53.9 Å². The lowest BCUT2D eigenvalue weighted by Gasteiger charge is -2.21. The molecule has 0 aliphatic heterocycles. The Morgan fingerprint density at radius 3 is 2.38 bits per heavy atom. The van der Waals surface area contributed by atoms with Gasteiger partial charge < -0.3 is 10.2 Å². The number of hydrogen-bond donors (Lipinski definition) is 1. The average molecular weight is 322 g/mol. The van der Waals surface area contributed by atoms with Gasteiger partial charge in [0.1, 0.15) is 5.69 Å². The summed E-state index contributed by atoms with van der Waals surface area (Å²) >= 11 is 0. The van der Waals surface area contributed by atoms with Crippen molar-refractivity contribution in [2.75, 3.05) is 18.4 Å². The Hall–Kier alpha value is -2.87. The van der Waals surface area contributed by atoms with Gasteiger partial charge in [-0.3, -0.25) is 9.78 Å². The lowest BCUT2D eigenvalue weighted by Crippen LogP contribution is -2.33. The minimum atomic E-state index is -0.0396. The second-order valence-electron chi connectivity index (χ2n) is 5.54. The van der Waals surface area contributed by atoms with Gasteiger partial charge in [-0.2, -0.15) is 5.26 Å². The summed E-state index contributed by atoms with van der Waals surface area (Å²) in [6, 6.07) is 12.8. The summed E-state index contributed by atoms with van der Waals surface area (Å²) in [4.78, 5) is 18.7. The van der Waals surface area contributed by atoms with E-state index in [4.69, 9.17) is 5.26 Å². The second kappa shape index (κ2) is 8.68. The molecule has 0 saturated carbocycles. The van der Waals surface area contributed by atoms with Crippen molar-refractivity contribution in [1.82, 2.24) is 9.88 Å². The molecular formula is C19H22N4O. The quantitative estimate of drug-likeness (QED) is 0.837. The largest absolute Gasteiger partial charge is 0.355 e. The van der Waals surface area contributed by atoms with Crippen LogP contribution < -0.4 is 5.32 Å². The molecule has 0 atom stereocenters. The molecule has 1 N–H and O–H groups in total. The van der Waals surface area contributed by atoms with Crippen LogP contribution in [-0.2, 0) is 0 Å². The molecule has 0 radical (unpaired) electrons. The summed E-state index contributed by atoms with van der Waals surface area (Å²) in [5.41, 5.74) is 2.71. The van der Waals surface area contributed by atoms with E-state index in [-0.39, 0.29) is 5.91 Å². The fraction of sp³-hybridized carbons (Fsp3) is 0.316. The molecule has 0 aliphatic rings. The Kier molecular flexibility index (Phi) is 6.32. The fourth-order valence-corrected chi connectivity index (χ4v) is 2.44. The number of pyridine rings is 1. The molecule has 24 heavy (non-hydrogen) atoms. The van der Waals surface area contributed by atoms with E-state index in [9.17, 15) is 4.79 Å². The Morgan fingerprint density at radius 1 is 1.12 bits per heavy atom. The molecule has 1 amide bonds. The summed E-state index contributed by atoms with van der Waals surface area (Å²) in [5, 5.41) is 12.1. The highest BCUT2D eigenvalue weighted by molar-refractivity contribution is 5.93. The van der Waals surface area contributed by atoms with E-state index >= 15 is 0 Å². The summed E-state index contributed by atoms with van der Waals surface area (Å²) < 4.78 is 0. The van der Waals surface area contributed by atoms with Gasteiger partial charge >= 0.3 is 0 Å². The highest BCUT2D eigenvalue weighted by Crippen LogP contribution is 2.18. The van der Waals surface area contributed by atoms with Crippen LogP contribution in [0.1, 0.15) is 42.7 Å². The van der Waals surface area contributed by atoms with Crippen molar-refractivity contribution in [3.8, 4) is 6.07 Å². The maximum atomic E-state index is 12.6. The van der Waals surface area contributed by atoms with E-state index in [0.717, 1.165) is 37.3 Å². The summed E-state index contributed by atoms with van der Waals surface area (Å²) in [6.45, 7) is 5.60. The van der Waals surface area contributed by atoms with Crippen LogP contribution in [-0.4, -0.2) is 28.9 Å². The molecule has 0 aliphatic carbocycles. The molecule has 0 saturated heterocycles. The zero-order valence-corrected chi connectivity index (χ0v) is 14.1. The second-order valence-corrected chi connectivity index (χ2v) is 5.54. The molecule has 124 valence electrons. The predicted molar refractivity (Wildman–Crippen MR) is 95.2 cm³/mol. The number of carbonyl (C=O) groups is 1. The van der Waals surface area contributed by atoms with Gasteiger partial charge in [0, 0.05) is 30.7 Å². The van der Waals surface area contributed by atoms with Crippen molar-refractivity contribution in [2.24, 2.45) is 0 Å². The van der Waals surface area contributed by atoms with Crippen LogP contribution in [0.25, 0.3) is 0 Å². The first-order valence-corrected chi connectivity index (χ1v) is 8.20. The van der Waals surface area contributed by atoms with Crippen LogP contribution in [0.5, 0.6) is 0 Å². The fourth-order valence-electron chi connectivity index (χ4n) is 2.44. The number of carbonyl (C=O) groups excluding carboxylic acids is 1. The van der Waals surface area contributed by atoms with E-state index in [0.29, 0.717) is 11.3 Å². The van der Waals surface area contributed by atoms with Gasteiger partial charge in [-0.25, -0.2) is 0 Å². The third-order valence-electron chi connectivity index (χ3n) is 3.56. The molecular weight excluding hydrogens is 300 g/mol. The summed E-state index contributed by atoms with van der Waals surface area (Å²) in [5.74, 6) is -0.0396. The van der Waals surface area contributed by atoms with E-state index in [2.05, 4.69) is 30.2 Å². The molecule has 5 nitrogen and oxygen atoms in total. The number of nitriles is 1. The van der Waals surface area contributed by atoms with Gasteiger partial charge in [0.15, 0.2) is 0 Å². The van der Waals surface area contributed by atoms with E-state index in [1.807, 2.05) is 23.1 Å². The maximum Gasteiger partial charge on any atom is 0.272 e. The van der Waals surface area contributed by atoms with Gasteiger partial charge in [-0.05, 0) is 49.2 Å². The third kappa shape index (κ3) is 4.56. The van der Waals surface area contributed by atoms with E-state index in [1.54, 1.807) is 24.4 Å². The van der Waals surface area contributed by atoms with Crippen molar-refractivity contribution in [2.45, 2.75) is 26.7 Å². The number of nitrogens with one attached hydrogen (secondary N) is 1. The lowest BCUT2D eigenvalue weighted by atomic mass is 10.2. The first-order valence-electron chi connectivity index (χ1n) is 8.20. The van der Waals surface area contributed by atoms with Crippen LogP contribution in [0.15, 0.2) is 42.6 Å². The molecule has 0 unspecified atom stereocenters. The normalized spacial score (nSPS) is 10.0. The standard InChI is InChI=1S/C19H22N4O/c1-3-11-23(12-4-2)19(24)18-13-17(9-10-21-18)22-16-7-5-15(14-20)6-8-16/h5-10,13H,3-4,11-12H2,1-2H3,(H,21,22). The molecule has 5 heteroatoms. The Bertz CT molecular complexity index is 713. The van der Waals surface area contributed by atoms with Gasteiger partial charge in [-0.15, -0.1) is 0 Å². The molecule has 1 aromatic heterocycles. The van der Waals surface area contributed by atoms with E-state index in [1.165, 1.54) is 0 Å². The first-order chi connectivity index (χ1) is 11.7. The monoisotopic (exact) mass is 322 g/mol. The number of benzene rings is 1. The van der Waals surface area contributed by atoms with Gasteiger partial charge in [0.05, 0.1) is 11.6 Å². The van der Waals surface area contributed by atoms with Crippen LogP contribution in [0.3, 0.4) is 0 Å². The van der Waals surface area contributed by atoms with Crippen LogP contribution in [0.2, 0.25) is 0 Å². The molecule has 1 heterocycles. The lowest BCUT2D eigenvalue weighted by molar-refractivity contribution is 0.0749. The molecule has 0 fully saturated rings. The Labute approximate surface area is 142 Å². The zero-order valence-electron chi connectivity index (χ0n) is 14.1. The topological polar surface area (TPSA) is 69.0 Å². The van der Waals surface area contributed by atoms with Crippen molar-refractivity contribution < 1.29 is 4.79 Å². The average Bonchev–Trinajstić information content (AvgIpc) is 2.62. The van der Waals surface area contributed by atoms with Crippen molar-refractivity contribution in [1.29, 1.82) is 5.26 Å². The molecule has 2 aromatic rings. The number of nitrogens with zero attached hydrogens (tertiary/aromatic N) is 3. The SMILES string of the molecule is CCCN(CCC)C(=O)c1cc(Nc2ccc(C#N)cc2)ccn1. The molecule has 2 rings (SSSR count). The third-order valence-corrected chi connectivity index (χ3v) is 3.56. The number of aromatic nitrogens is 1. The summed E-state index contributed by atoms with van der Waals surface area (Å²) in [7, 11) is 0. The number of hydrogen-bond acceptors (Lipinski definition) is 4. The molecule has 0 spiro atoms. The van der Waals surface area contributed by atoms with Crippen molar-refractivity contribution in [3.63, 3.8) is 0 Å². The number of anilines is 2. The van der Waals surface area contributed by atoms with Crippen LogP contribution in [0.4, 0.5) is 11.4 Å². The smallest absolute Gasteiger partial charge is 0.272 e. The van der Waals surface area contributed by atoms with Gasteiger partial charge in [0.25, 0.3) is 5.91 Å². The minimum absolute atomic E-state index is 0.0396. The molecule has 1 aromatic carbocycles. The predicted octanol–water partition coefficient (Wildman–Crippen LogP) is 3.96. The van der Waals surface area contributed by atoms with Gasteiger partial charge in [-0.1, -0.05) is 13.8 Å². The number of rotatable bonds is 7. The summed E-state index contributed by atoms with van der Waals surface area (Å²) in [6.07, 6.45) is 3.49. The molecule has 0 bridgehead atoms. The first kappa shape index (κ1) is 17.5. The van der Waals surface area contributed by atoms with Crippen molar-refractivity contribution >= 4 is 17.3 Å². The zero-order chi connectivity index (χ0) is 17.4. The maximum absolute atomic E-state index is 12.6. The van der Waals surface area contributed by atoms with Crippen LogP contribution >= 0.6 is 0 Å². The highest BCUT2D eigenvalue weighted by Gasteiger charge is 2.15. The number of amides is 1. The van der Waals surface area contributed by atoms with Crippen LogP contribution in [0, 0.1) is 11.3 Å². The Balaban J connectivity index is 2.15. The van der Waals surface area contributed by atoms with Gasteiger partial charge in [0.2, 0.25) is 0 Å². The minimum Gasteiger partial charge on any atom is -0.355 e.